The van der Waals surface area contributed by atoms with Gasteiger partial charge < -0.3 is 4.74 Å². The highest BCUT2D eigenvalue weighted by molar-refractivity contribution is 4.67. The Morgan fingerprint density at radius 1 is 1.27 bits per heavy atom. The topological polar surface area (TPSA) is 32.4 Å². The van der Waals surface area contributed by atoms with Crippen LogP contribution in [0.15, 0.2) is 0 Å². The highest BCUT2D eigenvalue weighted by Gasteiger charge is 2.22. The highest BCUT2D eigenvalue weighted by Crippen LogP contribution is 2.09. The fraction of sp³-hybridized carbons (Fsp3) is 1.00. The molecule has 65 valence electrons. The first-order chi connectivity index (χ1) is 5.22. The first-order valence-electron chi connectivity index (χ1n) is 4.19. The minimum atomic E-state index is -0.543. The van der Waals surface area contributed by atoms with Crippen LogP contribution in [0.25, 0.3) is 0 Å². The molecule has 1 rings (SSSR count). The first kappa shape index (κ1) is 8.97. The van der Waals surface area contributed by atoms with E-state index < -0.39 is 6.23 Å². The summed E-state index contributed by atoms with van der Waals surface area (Å²) in [5.41, 5.74) is 0. The Hall–Kier alpha value is -0.120. The lowest BCUT2D eigenvalue weighted by atomic mass is 10.1. The third kappa shape index (κ3) is 2.43. The summed E-state index contributed by atoms with van der Waals surface area (Å²) >= 11 is 0. The number of ether oxygens (including phenoxy) is 1. The van der Waals surface area contributed by atoms with Crippen LogP contribution < -0.4 is 0 Å². The molecular formula is C8H16NO2. The molecule has 1 atom stereocenters. The second kappa shape index (κ2) is 4.04. The Bertz CT molecular complexity index is 111. The van der Waals surface area contributed by atoms with E-state index in [0.717, 1.165) is 13.1 Å². The lowest BCUT2D eigenvalue weighted by Gasteiger charge is -2.31. The van der Waals surface area contributed by atoms with Crippen LogP contribution in [0.2, 0.25) is 0 Å². The van der Waals surface area contributed by atoms with Crippen molar-refractivity contribution in [3.05, 3.63) is 0 Å². The molecule has 0 bridgehead atoms. The Morgan fingerprint density at radius 2 is 1.82 bits per heavy atom. The van der Waals surface area contributed by atoms with Gasteiger partial charge in [-0.05, 0) is 5.92 Å². The summed E-state index contributed by atoms with van der Waals surface area (Å²) in [7, 11) is 0. The molecule has 1 fully saturated rings. The van der Waals surface area contributed by atoms with Crippen LogP contribution >= 0.6 is 0 Å². The second-order valence-corrected chi connectivity index (χ2v) is 3.28. The molecular weight excluding hydrogens is 142 g/mol. The summed E-state index contributed by atoms with van der Waals surface area (Å²) < 4.78 is 5.15. The van der Waals surface area contributed by atoms with Gasteiger partial charge in [0.2, 0.25) is 0 Å². The van der Waals surface area contributed by atoms with E-state index in [1.165, 1.54) is 0 Å². The molecule has 0 spiro atoms. The van der Waals surface area contributed by atoms with E-state index >= 15 is 0 Å². The normalized spacial score (nSPS) is 24.0. The molecule has 0 aromatic heterocycles. The minimum Gasteiger partial charge on any atom is -0.379 e. The van der Waals surface area contributed by atoms with Gasteiger partial charge in [0, 0.05) is 13.1 Å². The Balaban J connectivity index is 2.32. The first-order valence-corrected chi connectivity index (χ1v) is 4.19. The maximum atomic E-state index is 11.5. The van der Waals surface area contributed by atoms with Gasteiger partial charge in [0.15, 0.2) is 0 Å². The minimum absolute atomic E-state index is 0.202. The Labute approximate surface area is 68.0 Å². The average Bonchev–Trinajstić information content (AvgIpc) is 2.05. The Kier molecular flexibility index (Phi) is 3.30. The summed E-state index contributed by atoms with van der Waals surface area (Å²) in [4.78, 5) is 1.95. The van der Waals surface area contributed by atoms with E-state index in [-0.39, 0.29) is 5.92 Å². The van der Waals surface area contributed by atoms with Crippen molar-refractivity contribution < 1.29 is 9.84 Å². The molecule has 1 aliphatic rings. The number of rotatable bonds is 2. The molecule has 1 heterocycles. The quantitative estimate of drug-likeness (QED) is 0.593. The fourth-order valence-electron chi connectivity index (χ4n) is 1.25. The number of hydrogen-bond acceptors (Lipinski definition) is 2. The molecule has 1 aliphatic heterocycles. The Morgan fingerprint density at radius 3 is 2.27 bits per heavy atom. The van der Waals surface area contributed by atoms with Crippen LogP contribution in [-0.4, -0.2) is 37.4 Å². The molecule has 0 saturated carbocycles. The molecule has 0 N–H and O–H groups in total. The van der Waals surface area contributed by atoms with Crippen molar-refractivity contribution in [1.29, 1.82) is 0 Å². The lowest BCUT2D eigenvalue weighted by molar-refractivity contribution is -0.112. The van der Waals surface area contributed by atoms with Crippen LogP contribution in [0.5, 0.6) is 0 Å². The molecule has 1 saturated heterocycles. The summed E-state index contributed by atoms with van der Waals surface area (Å²) in [6.07, 6.45) is -0.543. The van der Waals surface area contributed by atoms with Gasteiger partial charge in [-0.15, -0.1) is 0 Å². The second-order valence-electron chi connectivity index (χ2n) is 3.28. The third-order valence-electron chi connectivity index (χ3n) is 1.98. The molecule has 0 amide bonds. The average molecular weight is 158 g/mol. The van der Waals surface area contributed by atoms with Crippen molar-refractivity contribution in [2.45, 2.75) is 20.1 Å². The summed E-state index contributed by atoms with van der Waals surface area (Å²) in [5.74, 6) is 0.202. The van der Waals surface area contributed by atoms with Crippen molar-refractivity contribution in [3.8, 4) is 0 Å². The van der Waals surface area contributed by atoms with Crippen molar-refractivity contribution in [3.63, 3.8) is 0 Å². The van der Waals surface area contributed by atoms with E-state index in [1.54, 1.807) is 0 Å². The third-order valence-corrected chi connectivity index (χ3v) is 1.98. The molecule has 3 nitrogen and oxygen atoms in total. The van der Waals surface area contributed by atoms with Crippen LogP contribution in [0.4, 0.5) is 0 Å². The monoisotopic (exact) mass is 158 g/mol. The van der Waals surface area contributed by atoms with Gasteiger partial charge in [0.25, 0.3) is 0 Å². The highest BCUT2D eigenvalue weighted by atomic mass is 16.5. The van der Waals surface area contributed by atoms with Gasteiger partial charge in [0.05, 0.1) is 13.2 Å². The molecule has 11 heavy (non-hydrogen) atoms. The van der Waals surface area contributed by atoms with Gasteiger partial charge in [-0.2, -0.15) is 0 Å². The van der Waals surface area contributed by atoms with Gasteiger partial charge >= 0.3 is 0 Å². The van der Waals surface area contributed by atoms with Gasteiger partial charge in [-0.25, -0.2) is 5.11 Å². The molecule has 0 aromatic rings. The standard InChI is InChI=1S/C8H16NO2/c1-7(2)8(10)9-3-5-11-6-4-9/h7-8H,3-6H2,1-2H3. The summed E-state index contributed by atoms with van der Waals surface area (Å²) in [6, 6.07) is 0. The van der Waals surface area contributed by atoms with Gasteiger partial charge in [0.1, 0.15) is 6.23 Å². The zero-order valence-corrected chi connectivity index (χ0v) is 7.25. The predicted molar refractivity (Wildman–Crippen MR) is 41.7 cm³/mol. The van der Waals surface area contributed by atoms with Crippen molar-refractivity contribution in [1.82, 2.24) is 4.90 Å². The van der Waals surface area contributed by atoms with E-state index in [2.05, 4.69) is 0 Å². The van der Waals surface area contributed by atoms with Gasteiger partial charge in [-0.1, -0.05) is 13.8 Å². The van der Waals surface area contributed by atoms with Crippen LogP contribution in [-0.2, 0) is 9.84 Å². The molecule has 1 unspecified atom stereocenters. The smallest absolute Gasteiger partial charge is 0.148 e. The van der Waals surface area contributed by atoms with Crippen molar-refractivity contribution >= 4 is 0 Å². The van der Waals surface area contributed by atoms with Crippen LogP contribution in [0, 0.1) is 5.92 Å². The van der Waals surface area contributed by atoms with E-state index in [1.807, 2.05) is 18.7 Å². The molecule has 0 aliphatic carbocycles. The SMILES string of the molecule is CC(C)C([O])N1CCOCC1. The zero-order valence-electron chi connectivity index (χ0n) is 7.25. The zero-order chi connectivity index (χ0) is 8.27. The molecule has 1 radical (unpaired) electrons. The van der Waals surface area contributed by atoms with Crippen LogP contribution in [0.1, 0.15) is 13.8 Å². The number of hydrogen-bond donors (Lipinski definition) is 0. The predicted octanol–water partition coefficient (Wildman–Crippen LogP) is 0.731. The van der Waals surface area contributed by atoms with E-state index in [9.17, 15) is 5.11 Å². The molecule has 0 aromatic carbocycles. The maximum absolute atomic E-state index is 11.5. The van der Waals surface area contributed by atoms with E-state index in [0.29, 0.717) is 13.2 Å². The van der Waals surface area contributed by atoms with Gasteiger partial charge in [-0.3, -0.25) is 4.90 Å². The van der Waals surface area contributed by atoms with Crippen LogP contribution in [0.3, 0.4) is 0 Å². The largest absolute Gasteiger partial charge is 0.379 e. The number of morpholine rings is 1. The number of nitrogens with zero attached hydrogens (tertiary/aromatic N) is 1. The fourth-order valence-corrected chi connectivity index (χ4v) is 1.25. The van der Waals surface area contributed by atoms with Crippen molar-refractivity contribution in [2.24, 2.45) is 5.92 Å². The maximum Gasteiger partial charge on any atom is 0.148 e. The van der Waals surface area contributed by atoms with E-state index in [4.69, 9.17) is 4.74 Å². The summed E-state index contributed by atoms with van der Waals surface area (Å²) in [5, 5.41) is 11.5. The summed E-state index contributed by atoms with van der Waals surface area (Å²) in [6.45, 7) is 6.95. The lowest BCUT2D eigenvalue weighted by Crippen LogP contribution is -2.45. The van der Waals surface area contributed by atoms with Crippen molar-refractivity contribution in [2.75, 3.05) is 26.3 Å². The molecule has 3 heteroatoms.